The summed E-state index contributed by atoms with van der Waals surface area (Å²) in [6.07, 6.45) is 3.56. The summed E-state index contributed by atoms with van der Waals surface area (Å²) in [5.41, 5.74) is 3.00. The van der Waals surface area contributed by atoms with E-state index in [9.17, 15) is 4.79 Å². The van der Waals surface area contributed by atoms with Crippen LogP contribution in [0.5, 0.6) is 0 Å². The van der Waals surface area contributed by atoms with Crippen molar-refractivity contribution in [1.82, 2.24) is 19.8 Å². The van der Waals surface area contributed by atoms with Gasteiger partial charge in [0.25, 0.3) is 5.91 Å². The molecule has 0 saturated carbocycles. The zero-order valence-corrected chi connectivity index (χ0v) is 16.8. The van der Waals surface area contributed by atoms with E-state index in [4.69, 9.17) is 9.72 Å². The van der Waals surface area contributed by atoms with Crippen LogP contribution < -0.4 is 5.32 Å². The molecule has 0 bridgehead atoms. The lowest BCUT2D eigenvalue weighted by Gasteiger charge is -2.35. The molecule has 0 unspecified atom stereocenters. The van der Waals surface area contributed by atoms with E-state index in [1.807, 2.05) is 24.6 Å². The first-order valence-electron chi connectivity index (χ1n) is 9.14. The Morgan fingerprint density at radius 3 is 3.00 bits per heavy atom. The van der Waals surface area contributed by atoms with Gasteiger partial charge in [-0.15, -0.1) is 11.3 Å². The van der Waals surface area contributed by atoms with Crippen molar-refractivity contribution in [3.05, 3.63) is 39.6 Å². The molecule has 2 aromatic rings. The number of hydrogen-bond acceptors (Lipinski definition) is 5. The number of nitrogens with zero attached hydrogens (tertiary/aromatic N) is 3. The highest BCUT2D eigenvalue weighted by Crippen LogP contribution is 2.33. The van der Waals surface area contributed by atoms with Crippen LogP contribution in [-0.4, -0.2) is 41.1 Å². The zero-order valence-electron chi connectivity index (χ0n) is 16.0. The third kappa shape index (κ3) is 3.84. The molecule has 1 aliphatic rings. The number of rotatable bonds is 6. The minimum Gasteiger partial charge on any atom is -0.375 e. The number of likely N-dealkylation sites (tertiary alicyclic amines) is 1. The molecule has 2 aromatic heterocycles. The molecular weight excluding hydrogens is 348 g/mol. The van der Waals surface area contributed by atoms with Crippen molar-refractivity contribution in [3.8, 4) is 0 Å². The van der Waals surface area contributed by atoms with Crippen LogP contribution in [0.2, 0.25) is 0 Å². The summed E-state index contributed by atoms with van der Waals surface area (Å²) in [5.74, 6) is -0.0428. The van der Waals surface area contributed by atoms with Gasteiger partial charge in [-0.2, -0.15) is 0 Å². The predicted molar refractivity (Wildman–Crippen MR) is 103 cm³/mol. The molecule has 0 aromatic carbocycles. The Labute approximate surface area is 159 Å². The standard InChI is InChI=1S/C19H28N4O2S/c1-13(25-4)19-21-14(12-26-19)11-23-10-6-5-7-16(23)15-8-9-17(22(15)3)18(24)20-2/h8-9,12-13,16H,5-7,10-11H2,1-4H3,(H,20,24)/t13-,16-/m0/s1. The topological polar surface area (TPSA) is 59.4 Å². The molecule has 3 heterocycles. The number of carbonyl (C=O) groups excluding carboxylic acids is 1. The Balaban J connectivity index is 1.79. The average molecular weight is 377 g/mol. The largest absolute Gasteiger partial charge is 0.375 e. The first-order valence-corrected chi connectivity index (χ1v) is 10.0. The molecule has 0 spiro atoms. The van der Waals surface area contributed by atoms with E-state index in [0.717, 1.165) is 30.2 Å². The van der Waals surface area contributed by atoms with Crippen molar-refractivity contribution in [1.29, 1.82) is 0 Å². The number of hydrogen-bond donors (Lipinski definition) is 1. The molecule has 142 valence electrons. The smallest absolute Gasteiger partial charge is 0.267 e. The zero-order chi connectivity index (χ0) is 18.7. The number of aromatic nitrogens is 2. The number of thiazole rings is 1. The molecule has 2 atom stereocenters. The first-order chi connectivity index (χ1) is 12.5. The molecule has 6 nitrogen and oxygen atoms in total. The van der Waals surface area contributed by atoms with Gasteiger partial charge in [-0.05, 0) is 38.4 Å². The van der Waals surface area contributed by atoms with Crippen LogP contribution >= 0.6 is 11.3 Å². The monoisotopic (exact) mass is 376 g/mol. The van der Waals surface area contributed by atoms with Gasteiger partial charge >= 0.3 is 0 Å². The molecule has 0 aliphatic carbocycles. The highest BCUT2D eigenvalue weighted by atomic mass is 32.1. The van der Waals surface area contributed by atoms with E-state index in [-0.39, 0.29) is 12.0 Å². The van der Waals surface area contributed by atoms with Crippen molar-refractivity contribution in [2.75, 3.05) is 20.7 Å². The second-order valence-electron chi connectivity index (χ2n) is 6.82. The van der Waals surface area contributed by atoms with E-state index in [2.05, 4.69) is 21.7 Å². The highest BCUT2D eigenvalue weighted by molar-refractivity contribution is 7.09. The van der Waals surface area contributed by atoms with Gasteiger partial charge in [0.15, 0.2) is 0 Å². The van der Waals surface area contributed by atoms with Crippen LogP contribution in [0.1, 0.15) is 65.2 Å². The molecular formula is C19H28N4O2S. The number of methoxy groups -OCH3 is 1. The maximum absolute atomic E-state index is 12.0. The summed E-state index contributed by atoms with van der Waals surface area (Å²) in [7, 11) is 5.36. The number of piperidine rings is 1. The van der Waals surface area contributed by atoms with Crippen molar-refractivity contribution < 1.29 is 9.53 Å². The second kappa shape index (κ2) is 8.33. The van der Waals surface area contributed by atoms with Crippen molar-refractivity contribution in [2.45, 2.75) is 44.9 Å². The molecule has 1 fully saturated rings. The highest BCUT2D eigenvalue weighted by Gasteiger charge is 2.28. The fraction of sp³-hybridized carbons (Fsp3) is 0.579. The molecule has 1 saturated heterocycles. The van der Waals surface area contributed by atoms with E-state index in [0.29, 0.717) is 11.7 Å². The van der Waals surface area contributed by atoms with Crippen LogP contribution in [0.25, 0.3) is 0 Å². The Bertz CT molecular complexity index is 755. The van der Waals surface area contributed by atoms with E-state index >= 15 is 0 Å². The SMILES string of the molecule is CNC(=O)c1ccc([C@@H]2CCCCN2Cc2csc([C@H](C)OC)n2)n1C. The number of carbonyl (C=O) groups is 1. The normalized spacial score (nSPS) is 19.5. The predicted octanol–water partition coefficient (Wildman–Crippen LogP) is 3.28. The molecule has 7 heteroatoms. The van der Waals surface area contributed by atoms with Crippen LogP contribution in [0, 0.1) is 0 Å². The van der Waals surface area contributed by atoms with E-state index < -0.39 is 0 Å². The van der Waals surface area contributed by atoms with Crippen LogP contribution in [0.4, 0.5) is 0 Å². The minimum absolute atomic E-state index is 0.0360. The molecule has 3 rings (SSSR count). The Morgan fingerprint density at radius 2 is 2.27 bits per heavy atom. The summed E-state index contributed by atoms with van der Waals surface area (Å²) in [6, 6.07) is 4.33. The molecule has 26 heavy (non-hydrogen) atoms. The summed E-state index contributed by atoms with van der Waals surface area (Å²) in [4.78, 5) is 19.3. The van der Waals surface area contributed by atoms with E-state index in [1.165, 1.54) is 18.5 Å². The summed E-state index contributed by atoms with van der Waals surface area (Å²) >= 11 is 1.66. The van der Waals surface area contributed by atoms with Crippen LogP contribution in [-0.2, 0) is 18.3 Å². The lowest BCUT2D eigenvalue weighted by Crippen LogP contribution is -2.34. The third-order valence-electron chi connectivity index (χ3n) is 5.21. The van der Waals surface area contributed by atoms with Gasteiger partial charge in [-0.3, -0.25) is 9.69 Å². The maximum atomic E-state index is 12.0. The number of nitrogens with one attached hydrogen (secondary N) is 1. The van der Waals surface area contributed by atoms with Crippen molar-refractivity contribution >= 4 is 17.2 Å². The number of amides is 1. The Morgan fingerprint density at radius 1 is 1.46 bits per heavy atom. The second-order valence-corrected chi connectivity index (χ2v) is 7.71. The summed E-state index contributed by atoms with van der Waals surface area (Å²) in [6.45, 7) is 3.91. The van der Waals surface area contributed by atoms with Gasteiger partial charge in [0.2, 0.25) is 0 Å². The Hall–Kier alpha value is -1.70. The van der Waals surface area contributed by atoms with Crippen molar-refractivity contribution in [3.63, 3.8) is 0 Å². The van der Waals surface area contributed by atoms with Gasteiger partial charge in [0.1, 0.15) is 16.8 Å². The lowest BCUT2D eigenvalue weighted by molar-refractivity contribution is 0.0952. The minimum atomic E-state index is -0.0428. The van der Waals surface area contributed by atoms with Gasteiger partial charge in [-0.25, -0.2) is 4.98 Å². The average Bonchev–Trinajstić information content (AvgIpc) is 3.28. The summed E-state index contributed by atoms with van der Waals surface area (Å²) < 4.78 is 7.40. The van der Waals surface area contributed by atoms with Gasteiger partial charge in [0, 0.05) is 38.8 Å². The van der Waals surface area contributed by atoms with Crippen molar-refractivity contribution in [2.24, 2.45) is 7.05 Å². The third-order valence-corrected chi connectivity index (χ3v) is 6.27. The molecule has 1 N–H and O–H groups in total. The van der Waals surface area contributed by atoms with E-state index in [1.54, 1.807) is 25.5 Å². The number of ether oxygens (including phenoxy) is 1. The fourth-order valence-electron chi connectivity index (χ4n) is 3.62. The molecule has 0 radical (unpaired) electrons. The Kier molecular flexibility index (Phi) is 6.11. The van der Waals surface area contributed by atoms with Gasteiger partial charge < -0.3 is 14.6 Å². The van der Waals surface area contributed by atoms with Gasteiger partial charge in [-0.1, -0.05) is 6.42 Å². The quantitative estimate of drug-likeness (QED) is 0.841. The first kappa shape index (κ1) is 19.1. The molecule has 1 amide bonds. The summed E-state index contributed by atoms with van der Waals surface area (Å²) in [5, 5.41) is 5.88. The van der Waals surface area contributed by atoms with Gasteiger partial charge in [0.05, 0.1) is 11.7 Å². The maximum Gasteiger partial charge on any atom is 0.267 e. The lowest BCUT2D eigenvalue weighted by atomic mass is 9.99. The molecule has 1 aliphatic heterocycles. The van der Waals surface area contributed by atoms with Crippen LogP contribution in [0.3, 0.4) is 0 Å². The fourth-order valence-corrected chi connectivity index (χ4v) is 4.47. The van der Waals surface area contributed by atoms with Crippen LogP contribution in [0.15, 0.2) is 17.5 Å².